The molecule has 166 valence electrons. The van der Waals surface area contributed by atoms with Crippen LogP contribution in [0.4, 0.5) is 17.2 Å². The highest BCUT2D eigenvalue weighted by Gasteiger charge is 2.27. The van der Waals surface area contributed by atoms with Crippen LogP contribution in [0, 0.1) is 5.92 Å². The Kier molecular flexibility index (Phi) is 6.13. The van der Waals surface area contributed by atoms with E-state index in [1.165, 1.54) is 0 Å². The molecule has 1 aliphatic heterocycles. The topological polar surface area (TPSA) is 79.3 Å². The second-order valence-electron chi connectivity index (χ2n) is 8.00. The van der Waals surface area contributed by atoms with Crippen LogP contribution in [0.5, 0.6) is 0 Å². The van der Waals surface area contributed by atoms with E-state index in [1.54, 1.807) is 46.1 Å². The minimum absolute atomic E-state index is 0.0548. The number of aromatic nitrogens is 2. The fourth-order valence-corrected chi connectivity index (χ4v) is 3.95. The highest BCUT2D eigenvalue weighted by molar-refractivity contribution is 6.32. The fraction of sp³-hybridized carbons (Fsp3) is 0.261. The maximum Gasteiger partial charge on any atom is 0.258 e. The minimum atomic E-state index is -0.202. The van der Waals surface area contributed by atoms with Gasteiger partial charge in [0.2, 0.25) is 5.91 Å². The smallest absolute Gasteiger partial charge is 0.258 e. The van der Waals surface area contributed by atoms with Crippen molar-refractivity contribution in [1.29, 1.82) is 0 Å². The Morgan fingerprint density at radius 2 is 1.97 bits per heavy atom. The average Bonchev–Trinajstić information content (AvgIpc) is 3.00. The second kappa shape index (κ2) is 8.84. The summed E-state index contributed by atoms with van der Waals surface area (Å²) in [5, 5.41) is 11.5. The van der Waals surface area contributed by atoms with Gasteiger partial charge >= 0.3 is 0 Å². The number of rotatable bonds is 4. The molecule has 3 aromatic rings. The van der Waals surface area contributed by atoms with Crippen molar-refractivity contribution < 1.29 is 9.59 Å². The number of hydrogen-bond acceptors (Lipinski definition) is 4. The molecule has 0 fully saturated rings. The zero-order valence-corrected chi connectivity index (χ0v) is 19.5. The first-order valence-electron chi connectivity index (χ1n) is 10.2. The van der Waals surface area contributed by atoms with Gasteiger partial charge in [0.05, 0.1) is 24.1 Å². The van der Waals surface area contributed by atoms with Crippen molar-refractivity contribution in [2.24, 2.45) is 13.0 Å². The van der Waals surface area contributed by atoms with Crippen LogP contribution in [0.2, 0.25) is 10.0 Å². The van der Waals surface area contributed by atoms with Crippen LogP contribution in [0.3, 0.4) is 0 Å². The summed E-state index contributed by atoms with van der Waals surface area (Å²) in [5.74, 6) is 0.433. The minimum Gasteiger partial charge on any atom is -0.352 e. The molecule has 0 aliphatic carbocycles. The lowest BCUT2D eigenvalue weighted by molar-refractivity contribution is -0.124. The summed E-state index contributed by atoms with van der Waals surface area (Å²) in [6, 6.07) is 10.5. The molecule has 2 aromatic carbocycles. The molecule has 1 aromatic heterocycles. The van der Waals surface area contributed by atoms with Gasteiger partial charge in [-0.15, -0.1) is 0 Å². The maximum absolute atomic E-state index is 13.5. The molecule has 0 saturated heterocycles. The lowest BCUT2D eigenvalue weighted by atomic mass is 10.1. The van der Waals surface area contributed by atoms with Gasteiger partial charge < -0.3 is 15.5 Å². The van der Waals surface area contributed by atoms with Crippen LogP contribution in [-0.4, -0.2) is 21.6 Å². The van der Waals surface area contributed by atoms with Crippen molar-refractivity contribution >= 4 is 52.2 Å². The molecule has 0 spiro atoms. The van der Waals surface area contributed by atoms with E-state index in [0.717, 1.165) is 16.9 Å². The van der Waals surface area contributed by atoms with Crippen molar-refractivity contribution in [2.45, 2.75) is 26.9 Å². The number of nitrogens with zero attached hydrogens (tertiary/aromatic N) is 3. The number of hydrogen-bond donors (Lipinski definition) is 2. The fourth-order valence-electron chi connectivity index (χ4n) is 3.53. The lowest BCUT2D eigenvalue weighted by Crippen LogP contribution is -2.30. The molecule has 2 heterocycles. The Labute approximate surface area is 196 Å². The van der Waals surface area contributed by atoms with Crippen molar-refractivity contribution in [3.63, 3.8) is 0 Å². The first-order valence-corrected chi connectivity index (χ1v) is 11.0. The summed E-state index contributed by atoms with van der Waals surface area (Å²) >= 11 is 12.7. The van der Waals surface area contributed by atoms with E-state index in [1.807, 2.05) is 27.0 Å². The molecule has 2 N–H and O–H groups in total. The van der Waals surface area contributed by atoms with E-state index >= 15 is 0 Å². The highest BCUT2D eigenvalue weighted by Crippen LogP contribution is 2.38. The third-order valence-electron chi connectivity index (χ3n) is 5.37. The van der Waals surface area contributed by atoms with Crippen molar-refractivity contribution in [3.05, 3.63) is 69.3 Å². The van der Waals surface area contributed by atoms with Crippen LogP contribution in [0.15, 0.2) is 42.6 Å². The number of carbonyl (C=O) groups excluding carboxylic acids is 2. The number of nitrogens with one attached hydrogen (secondary N) is 2. The molecule has 4 rings (SSSR count). The van der Waals surface area contributed by atoms with Crippen LogP contribution >= 0.6 is 23.2 Å². The van der Waals surface area contributed by atoms with Crippen molar-refractivity contribution in [2.75, 3.05) is 10.2 Å². The van der Waals surface area contributed by atoms with Crippen molar-refractivity contribution in [3.8, 4) is 0 Å². The number of benzene rings is 2. The Bertz CT molecular complexity index is 1210. The molecule has 9 heteroatoms. The predicted molar refractivity (Wildman–Crippen MR) is 127 cm³/mol. The standard InChI is InChI=1S/C23H23Cl2N5O2/c1-13(2)22(31)26-10-15-5-4-14(8-18(15)25)23(32)30-12-16-11-27-29(3)21(16)28-19-9-17(24)6-7-20(19)30/h4-9,11,13,28H,10,12H2,1-3H3,(H,26,31). The Morgan fingerprint density at radius 1 is 1.19 bits per heavy atom. The van der Waals surface area contributed by atoms with Gasteiger partial charge in [-0.3, -0.25) is 14.3 Å². The molecule has 2 amide bonds. The Morgan fingerprint density at radius 3 is 2.69 bits per heavy atom. The van der Waals surface area contributed by atoms with E-state index in [0.29, 0.717) is 40.1 Å². The van der Waals surface area contributed by atoms with Gasteiger partial charge in [-0.1, -0.05) is 43.1 Å². The van der Waals surface area contributed by atoms with Gasteiger partial charge in [-0.25, -0.2) is 0 Å². The number of aryl methyl sites for hydroxylation is 1. The first kappa shape index (κ1) is 22.2. The largest absolute Gasteiger partial charge is 0.352 e. The molecular weight excluding hydrogens is 449 g/mol. The van der Waals surface area contributed by atoms with Gasteiger partial charge in [0, 0.05) is 40.7 Å². The molecule has 32 heavy (non-hydrogen) atoms. The summed E-state index contributed by atoms with van der Waals surface area (Å²) in [5.41, 5.74) is 3.50. The zero-order valence-electron chi connectivity index (χ0n) is 17.9. The van der Waals surface area contributed by atoms with Crippen LogP contribution in [0.25, 0.3) is 0 Å². The van der Waals surface area contributed by atoms with Gasteiger partial charge in [0.25, 0.3) is 5.91 Å². The lowest BCUT2D eigenvalue weighted by Gasteiger charge is -2.23. The van der Waals surface area contributed by atoms with Gasteiger partial charge in [0.15, 0.2) is 0 Å². The SMILES string of the molecule is CC(C)C(=O)NCc1ccc(C(=O)N2Cc3cnn(C)c3Nc3cc(Cl)ccc32)cc1Cl. The second-order valence-corrected chi connectivity index (χ2v) is 8.84. The monoisotopic (exact) mass is 471 g/mol. The van der Waals surface area contributed by atoms with Crippen LogP contribution in [0.1, 0.15) is 35.3 Å². The number of carbonyl (C=O) groups is 2. The summed E-state index contributed by atoms with van der Waals surface area (Å²) in [4.78, 5) is 27.1. The average molecular weight is 472 g/mol. The number of halogens is 2. The molecule has 0 saturated carbocycles. The summed E-state index contributed by atoms with van der Waals surface area (Å²) in [7, 11) is 1.84. The molecule has 1 aliphatic rings. The number of amides is 2. The zero-order chi connectivity index (χ0) is 23.0. The molecule has 0 bridgehead atoms. The molecular formula is C23H23Cl2N5O2. The summed E-state index contributed by atoms with van der Waals surface area (Å²) < 4.78 is 1.73. The molecule has 0 unspecified atom stereocenters. The highest BCUT2D eigenvalue weighted by atomic mass is 35.5. The van der Waals surface area contributed by atoms with E-state index in [-0.39, 0.29) is 17.7 Å². The van der Waals surface area contributed by atoms with Gasteiger partial charge in [-0.05, 0) is 35.9 Å². The molecule has 7 nitrogen and oxygen atoms in total. The molecule has 0 radical (unpaired) electrons. The maximum atomic E-state index is 13.5. The Hall–Kier alpha value is -3.03. The van der Waals surface area contributed by atoms with E-state index in [2.05, 4.69) is 15.7 Å². The first-order chi connectivity index (χ1) is 15.2. The quantitative estimate of drug-likeness (QED) is 0.566. The predicted octanol–water partition coefficient (Wildman–Crippen LogP) is 4.90. The van der Waals surface area contributed by atoms with Gasteiger partial charge in [-0.2, -0.15) is 5.10 Å². The van der Waals surface area contributed by atoms with E-state index < -0.39 is 0 Å². The Balaban J connectivity index is 1.65. The van der Waals surface area contributed by atoms with Gasteiger partial charge in [0.1, 0.15) is 5.82 Å². The normalized spacial score (nSPS) is 12.6. The van der Waals surface area contributed by atoms with E-state index in [9.17, 15) is 9.59 Å². The third kappa shape index (κ3) is 4.31. The van der Waals surface area contributed by atoms with E-state index in [4.69, 9.17) is 23.2 Å². The number of anilines is 3. The number of fused-ring (bicyclic) bond motifs is 2. The third-order valence-corrected chi connectivity index (χ3v) is 5.96. The molecule has 0 atom stereocenters. The van der Waals surface area contributed by atoms with Crippen LogP contribution in [-0.2, 0) is 24.9 Å². The summed E-state index contributed by atoms with van der Waals surface area (Å²) in [6.45, 7) is 4.30. The van der Waals surface area contributed by atoms with Crippen molar-refractivity contribution in [1.82, 2.24) is 15.1 Å². The van der Waals surface area contributed by atoms with Crippen LogP contribution < -0.4 is 15.5 Å². The summed E-state index contributed by atoms with van der Waals surface area (Å²) in [6.07, 6.45) is 1.74.